The summed E-state index contributed by atoms with van der Waals surface area (Å²) in [5, 5.41) is 13.0. The zero-order chi connectivity index (χ0) is 12.4. The molecule has 0 aliphatic heterocycles. The molecule has 0 aliphatic rings. The Morgan fingerprint density at radius 1 is 1.53 bits per heavy atom. The number of carboxylic acid groups (broad SMARTS) is 1. The second kappa shape index (κ2) is 4.37. The Balaban J connectivity index is 2.35. The van der Waals surface area contributed by atoms with Gasteiger partial charge in [-0.15, -0.1) is 0 Å². The maximum Gasteiger partial charge on any atom is 0.336 e. The largest absolute Gasteiger partial charge is 0.478 e. The highest BCUT2D eigenvalue weighted by atomic mass is 19.1. The molecule has 2 rings (SSSR count). The first-order chi connectivity index (χ1) is 8.06. The van der Waals surface area contributed by atoms with Gasteiger partial charge in [0, 0.05) is 6.20 Å². The van der Waals surface area contributed by atoms with E-state index in [-0.39, 0.29) is 5.56 Å². The molecule has 1 aromatic heterocycles. The van der Waals surface area contributed by atoms with Crippen LogP contribution in [0.2, 0.25) is 0 Å². The van der Waals surface area contributed by atoms with Crippen molar-refractivity contribution in [2.75, 3.05) is 0 Å². The van der Waals surface area contributed by atoms with Crippen molar-refractivity contribution in [1.29, 1.82) is 0 Å². The summed E-state index contributed by atoms with van der Waals surface area (Å²) in [4.78, 5) is 11.0. The molecule has 17 heavy (non-hydrogen) atoms. The summed E-state index contributed by atoms with van der Waals surface area (Å²) in [5.74, 6) is -1.69. The van der Waals surface area contributed by atoms with Crippen molar-refractivity contribution in [2.24, 2.45) is 0 Å². The fourth-order valence-electron chi connectivity index (χ4n) is 1.61. The van der Waals surface area contributed by atoms with E-state index in [0.29, 0.717) is 12.1 Å². The Kier molecular flexibility index (Phi) is 2.91. The number of carbonyl (C=O) groups is 1. The van der Waals surface area contributed by atoms with Gasteiger partial charge in [0.2, 0.25) is 0 Å². The number of aromatic carboxylic acids is 1. The van der Waals surface area contributed by atoms with Gasteiger partial charge in [0.05, 0.1) is 18.3 Å². The van der Waals surface area contributed by atoms with Crippen molar-refractivity contribution in [2.45, 2.75) is 13.5 Å². The van der Waals surface area contributed by atoms with Crippen LogP contribution in [0.15, 0.2) is 30.6 Å². The van der Waals surface area contributed by atoms with Gasteiger partial charge in [0.25, 0.3) is 0 Å². The maximum absolute atomic E-state index is 13.0. The van der Waals surface area contributed by atoms with E-state index in [1.54, 1.807) is 17.1 Å². The summed E-state index contributed by atoms with van der Waals surface area (Å²) in [6.45, 7) is 2.21. The Labute approximate surface area is 97.3 Å². The molecule has 0 bridgehead atoms. The summed E-state index contributed by atoms with van der Waals surface area (Å²) in [6, 6.07) is 3.74. The van der Waals surface area contributed by atoms with Crippen LogP contribution in [0.5, 0.6) is 0 Å². The predicted octanol–water partition coefficient (Wildman–Crippen LogP) is 2.08. The molecule has 0 saturated heterocycles. The standard InChI is InChI=1S/C12H11FN2O2/c1-8-5-14-15(6-8)7-9-2-3-10(13)4-11(9)12(16)17/h2-6H,7H2,1H3,(H,16,17). The van der Waals surface area contributed by atoms with Crippen LogP contribution in [-0.2, 0) is 6.54 Å². The Hall–Kier alpha value is -2.17. The lowest BCUT2D eigenvalue weighted by atomic mass is 10.1. The number of rotatable bonds is 3. The van der Waals surface area contributed by atoms with Crippen LogP contribution in [-0.4, -0.2) is 20.9 Å². The van der Waals surface area contributed by atoms with E-state index in [1.165, 1.54) is 12.1 Å². The van der Waals surface area contributed by atoms with Crippen molar-refractivity contribution in [1.82, 2.24) is 9.78 Å². The molecule has 0 fully saturated rings. The van der Waals surface area contributed by atoms with Crippen LogP contribution >= 0.6 is 0 Å². The monoisotopic (exact) mass is 234 g/mol. The molecule has 0 unspecified atom stereocenters. The lowest BCUT2D eigenvalue weighted by Gasteiger charge is -2.06. The Morgan fingerprint density at radius 2 is 2.29 bits per heavy atom. The average molecular weight is 234 g/mol. The van der Waals surface area contributed by atoms with Crippen molar-refractivity contribution in [3.63, 3.8) is 0 Å². The van der Waals surface area contributed by atoms with Gasteiger partial charge in [-0.05, 0) is 30.2 Å². The molecule has 88 valence electrons. The molecule has 0 saturated carbocycles. The number of halogens is 1. The number of benzene rings is 1. The smallest absolute Gasteiger partial charge is 0.336 e. The minimum absolute atomic E-state index is 0.0295. The molecule has 0 amide bonds. The van der Waals surface area contributed by atoms with Gasteiger partial charge in [-0.2, -0.15) is 5.10 Å². The molecule has 1 aromatic carbocycles. The molecule has 0 radical (unpaired) electrons. The summed E-state index contributed by atoms with van der Waals surface area (Å²) in [6.07, 6.45) is 3.49. The van der Waals surface area contributed by atoms with Crippen LogP contribution in [0.25, 0.3) is 0 Å². The lowest BCUT2D eigenvalue weighted by Crippen LogP contribution is -2.08. The van der Waals surface area contributed by atoms with E-state index in [9.17, 15) is 9.18 Å². The van der Waals surface area contributed by atoms with E-state index in [1.807, 2.05) is 6.92 Å². The van der Waals surface area contributed by atoms with Crippen LogP contribution in [0.3, 0.4) is 0 Å². The highest BCUT2D eigenvalue weighted by molar-refractivity contribution is 5.89. The SMILES string of the molecule is Cc1cnn(Cc2ccc(F)cc2C(=O)O)c1. The molecule has 0 atom stereocenters. The molecule has 0 spiro atoms. The second-order valence-electron chi connectivity index (χ2n) is 3.82. The molecular weight excluding hydrogens is 223 g/mol. The minimum atomic E-state index is -1.14. The van der Waals surface area contributed by atoms with Gasteiger partial charge in [-0.25, -0.2) is 9.18 Å². The lowest BCUT2D eigenvalue weighted by molar-refractivity contribution is 0.0695. The first kappa shape index (κ1) is 11.3. The van der Waals surface area contributed by atoms with Crippen LogP contribution in [0.1, 0.15) is 21.5 Å². The van der Waals surface area contributed by atoms with Crippen molar-refractivity contribution in [3.05, 3.63) is 53.1 Å². The summed E-state index contributed by atoms with van der Waals surface area (Å²) >= 11 is 0. The van der Waals surface area contributed by atoms with Crippen molar-refractivity contribution in [3.8, 4) is 0 Å². The first-order valence-electron chi connectivity index (χ1n) is 5.07. The average Bonchev–Trinajstić information content (AvgIpc) is 2.66. The number of aryl methyl sites for hydroxylation is 1. The molecular formula is C12H11FN2O2. The van der Waals surface area contributed by atoms with Crippen LogP contribution in [0, 0.1) is 12.7 Å². The van der Waals surface area contributed by atoms with Gasteiger partial charge in [0.1, 0.15) is 5.82 Å². The third-order valence-corrected chi connectivity index (χ3v) is 2.40. The third kappa shape index (κ3) is 2.50. The topological polar surface area (TPSA) is 55.1 Å². The van der Waals surface area contributed by atoms with E-state index < -0.39 is 11.8 Å². The van der Waals surface area contributed by atoms with Gasteiger partial charge in [0.15, 0.2) is 0 Å². The molecule has 5 heteroatoms. The van der Waals surface area contributed by atoms with Crippen molar-refractivity contribution >= 4 is 5.97 Å². The highest BCUT2D eigenvalue weighted by Gasteiger charge is 2.11. The molecule has 0 aliphatic carbocycles. The van der Waals surface area contributed by atoms with Gasteiger partial charge < -0.3 is 5.11 Å². The number of nitrogens with zero attached hydrogens (tertiary/aromatic N) is 2. The number of hydrogen-bond donors (Lipinski definition) is 1. The molecule has 1 N–H and O–H groups in total. The first-order valence-corrected chi connectivity index (χ1v) is 5.07. The zero-order valence-electron chi connectivity index (χ0n) is 9.22. The van der Waals surface area contributed by atoms with Gasteiger partial charge in [-0.3, -0.25) is 4.68 Å². The van der Waals surface area contributed by atoms with Gasteiger partial charge in [-0.1, -0.05) is 6.07 Å². The number of hydrogen-bond acceptors (Lipinski definition) is 2. The number of aromatic nitrogens is 2. The summed E-state index contributed by atoms with van der Waals surface area (Å²) in [5.41, 5.74) is 1.49. The quantitative estimate of drug-likeness (QED) is 0.884. The minimum Gasteiger partial charge on any atom is -0.478 e. The molecule has 2 aromatic rings. The molecule has 4 nitrogen and oxygen atoms in total. The van der Waals surface area contributed by atoms with E-state index >= 15 is 0 Å². The summed E-state index contributed by atoms with van der Waals surface area (Å²) < 4.78 is 14.6. The fourth-order valence-corrected chi connectivity index (χ4v) is 1.61. The molecule has 1 heterocycles. The predicted molar refractivity (Wildman–Crippen MR) is 59.4 cm³/mol. The van der Waals surface area contributed by atoms with Crippen molar-refractivity contribution < 1.29 is 14.3 Å². The number of carboxylic acids is 1. The fraction of sp³-hybridized carbons (Fsp3) is 0.167. The normalized spacial score (nSPS) is 10.5. The summed E-state index contributed by atoms with van der Waals surface area (Å²) in [7, 11) is 0. The highest BCUT2D eigenvalue weighted by Crippen LogP contribution is 2.13. The Bertz CT molecular complexity index is 563. The zero-order valence-corrected chi connectivity index (χ0v) is 9.22. The second-order valence-corrected chi connectivity index (χ2v) is 3.82. The van der Waals surface area contributed by atoms with E-state index in [2.05, 4.69) is 5.10 Å². The van der Waals surface area contributed by atoms with Crippen LogP contribution < -0.4 is 0 Å². The Morgan fingerprint density at radius 3 is 2.88 bits per heavy atom. The van der Waals surface area contributed by atoms with Gasteiger partial charge >= 0.3 is 5.97 Å². The van der Waals surface area contributed by atoms with E-state index in [0.717, 1.165) is 11.6 Å². The van der Waals surface area contributed by atoms with E-state index in [4.69, 9.17) is 5.11 Å². The maximum atomic E-state index is 13.0. The third-order valence-electron chi connectivity index (χ3n) is 2.40. The van der Waals surface area contributed by atoms with Crippen LogP contribution in [0.4, 0.5) is 4.39 Å².